The highest BCUT2D eigenvalue weighted by Gasteiger charge is 2.21. The first-order valence-corrected chi connectivity index (χ1v) is 9.54. The molecule has 1 heterocycles. The Morgan fingerprint density at radius 3 is 2.32 bits per heavy atom. The van der Waals surface area contributed by atoms with Crippen molar-refractivity contribution in [1.29, 1.82) is 0 Å². The number of carbonyl (C=O) groups excluding carboxylic acids is 2. The summed E-state index contributed by atoms with van der Waals surface area (Å²) in [5.74, 6) is -0.311. The smallest absolute Gasteiger partial charge is 0.408 e. The van der Waals surface area contributed by atoms with Gasteiger partial charge in [-0.25, -0.2) is 9.78 Å². The third kappa shape index (κ3) is 6.25. The largest absolute Gasteiger partial charge is 0.459 e. The van der Waals surface area contributed by atoms with Crippen molar-refractivity contribution in [1.82, 2.24) is 14.9 Å². The van der Waals surface area contributed by atoms with Gasteiger partial charge in [0.25, 0.3) is 0 Å². The van der Waals surface area contributed by atoms with Crippen molar-refractivity contribution in [3.8, 4) is 0 Å². The molecule has 0 aliphatic heterocycles. The van der Waals surface area contributed by atoms with E-state index in [-0.39, 0.29) is 18.6 Å². The molecule has 1 N–H and O–H groups in total. The van der Waals surface area contributed by atoms with Gasteiger partial charge in [0.05, 0.1) is 23.4 Å². The van der Waals surface area contributed by atoms with Crippen LogP contribution in [0.3, 0.4) is 0 Å². The van der Waals surface area contributed by atoms with Crippen LogP contribution in [0, 0.1) is 0 Å². The summed E-state index contributed by atoms with van der Waals surface area (Å²) in [6, 6.07) is 5.57. The minimum Gasteiger partial charge on any atom is -0.459 e. The van der Waals surface area contributed by atoms with Gasteiger partial charge in [-0.2, -0.15) is 0 Å². The van der Waals surface area contributed by atoms with Crippen LogP contribution >= 0.6 is 0 Å². The predicted octanol–water partition coefficient (Wildman–Crippen LogP) is 4.35. The molecule has 0 aliphatic rings. The second kappa shape index (κ2) is 8.20. The highest BCUT2D eigenvalue weighted by atomic mass is 16.6. The molecular weight excluding hydrogens is 358 g/mol. The molecule has 0 saturated carbocycles. The molecule has 28 heavy (non-hydrogen) atoms. The molecule has 1 aromatic heterocycles. The summed E-state index contributed by atoms with van der Waals surface area (Å²) in [4.78, 5) is 28.6. The van der Waals surface area contributed by atoms with E-state index in [1.807, 2.05) is 66.7 Å². The van der Waals surface area contributed by atoms with E-state index < -0.39 is 17.3 Å². The van der Waals surface area contributed by atoms with Crippen LogP contribution in [0.5, 0.6) is 0 Å². The third-order valence-electron chi connectivity index (χ3n) is 3.87. The zero-order valence-electron chi connectivity index (χ0n) is 17.8. The lowest BCUT2D eigenvalue weighted by molar-refractivity contribution is -0.155. The van der Waals surface area contributed by atoms with Crippen molar-refractivity contribution in [2.45, 2.75) is 78.7 Å². The Kier molecular flexibility index (Phi) is 6.37. The van der Waals surface area contributed by atoms with Gasteiger partial charge in [0.15, 0.2) is 0 Å². The summed E-state index contributed by atoms with van der Waals surface area (Å²) in [6.45, 7) is 13.1. The van der Waals surface area contributed by atoms with E-state index in [1.165, 1.54) is 0 Å². The standard InChI is InChI=1S/C21H31N3O4/c1-8-15(23-19(26)28-21(5,6)7)14-9-10-17-16(11-14)22-13-24(17)12-18(25)27-20(2,3)4/h9-11,13,15H,8,12H2,1-7H3,(H,23,26). The van der Waals surface area contributed by atoms with E-state index in [9.17, 15) is 9.59 Å². The number of fused-ring (bicyclic) bond motifs is 1. The molecule has 0 bridgehead atoms. The van der Waals surface area contributed by atoms with Crippen molar-refractivity contribution >= 4 is 23.1 Å². The monoisotopic (exact) mass is 389 g/mol. The molecule has 1 unspecified atom stereocenters. The number of hydrogen-bond acceptors (Lipinski definition) is 5. The van der Waals surface area contributed by atoms with Crippen molar-refractivity contribution in [2.75, 3.05) is 0 Å². The number of nitrogens with zero attached hydrogens (tertiary/aromatic N) is 2. The number of benzene rings is 1. The van der Waals surface area contributed by atoms with Crippen molar-refractivity contribution in [3.63, 3.8) is 0 Å². The first-order chi connectivity index (χ1) is 12.9. The van der Waals surface area contributed by atoms with E-state index in [4.69, 9.17) is 9.47 Å². The number of aromatic nitrogens is 2. The minimum atomic E-state index is -0.549. The van der Waals surface area contributed by atoms with Crippen molar-refractivity contribution < 1.29 is 19.1 Å². The molecule has 2 aromatic rings. The van der Waals surface area contributed by atoms with Crippen LogP contribution in [-0.2, 0) is 20.8 Å². The number of hydrogen-bond donors (Lipinski definition) is 1. The fourth-order valence-electron chi connectivity index (χ4n) is 2.81. The van der Waals surface area contributed by atoms with Gasteiger partial charge in [-0.15, -0.1) is 0 Å². The summed E-state index contributed by atoms with van der Waals surface area (Å²) >= 11 is 0. The Labute approximate surface area is 166 Å². The van der Waals surface area contributed by atoms with E-state index in [0.717, 1.165) is 16.6 Å². The van der Waals surface area contributed by atoms with Crippen LogP contribution in [0.1, 0.15) is 66.5 Å². The van der Waals surface area contributed by atoms with Gasteiger partial charge in [-0.1, -0.05) is 13.0 Å². The number of rotatable bonds is 5. The second-order valence-corrected chi connectivity index (χ2v) is 8.81. The topological polar surface area (TPSA) is 82.5 Å². The van der Waals surface area contributed by atoms with Gasteiger partial charge in [-0.3, -0.25) is 4.79 Å². The summed E-state index contributed by atoms with van der Waals surface area (Å²) in [7, 11) is 0. The first kappa shape index (κ1) is 21.7. The maximum absolute atomic E-state index is 12.1. The lowest BCUT2D eigenvalue weighted by Gasteiger charge is -2.23. The highest BCUT2D eigenvalue weighted by Crippen LogP contribution is 2.23. The van der Waals surface area contributed by atoms with E-state index >= 15 is 0 Å². The number of ether oxygens (including phenoxy) is 2. The molecule has 0 saturated heterocycles. The number of imidazole rings is 1. The maximum atomic E-state index is 12.1. The molecule has 1 atom stereocenters. The molecule has 1 aromatic carbocycles. The van der Waals surface area contributed by atoms with Gasteiger partial charge < -0.3 is 19.4 Å². The molecule has 0 fully saturated rings. The summed E-state index contributed by atoms with van der Waals surface area (Å²) < 4.78 is 12.5. The number of alkyl carbamates (subject to hydrolysis) is 1. The fraction of sp³-hybridized carbons (Fsp3) is 0.571. The van der Waals surface area contributed by atoms with Gasteiger partial charge >= 0.3 is 12.1 Å². The quantitative estimate of drug-likeness (QED) is 0.769. The number of amides is 1. The van der Waals surface area contributed by atoms with Crippen LogP contribution < -0.4 is 5.32 Å². The molecule has 0 spiro atoms. The summed E-state index contributed by atoms with van der Waals surface area (Å²) in [5.41, 5.74) is 1.45. The molecule has 1 amide bonds. The highest BCUT2D eigenvalue weighted by molar-refractivity contribution is 5.79. The molecule has 7 nitrogen and oxygen atoms in total. The van der Waals surface area contributed by atoms with Gasteiger partial charge in [-0.05, 0) is 65.7 Å². The average molecular weight is 389 g/mol. The number of nitrogens with one attached hydrogen (secondary N) is 1. The Hall–Kier alpha value is -2.57. The van der Waals surface area contributed by atoms with E-state index in [2.05, 4.69) is 10.3 Å². The lowest BCUT2D eigenvalue weighted by Crippen LogP contribution is -2.34. The van der Waals surface area contributed by atoms with Gasteiger partial charge in [0.1, 0.15) is 17.7 Å². The molecule has 154 valence electrons. The molecule has 7 heteroatoms. The molecule has 0 aliphatic carbocycles. The number of carbonyl (C=O) groups is 2. The summed E-state index contributed by atoms with van der Waals surface area (Å²) in [6.07, 6.45) is 1.89. The van der Waals surface area contributed by atoms with Crippen LogP contribution in [0.25, 0.3) is 11.0 Å². The molecular formula is C21H31N3O4. The van der Waals surface area contributed by atoms with E-state index in [0.29, 0.717) is 6.42 Å². The van der Waals surface area contributed by atoms with Crippen LogP contribution in [0.15, 0.2) is 24.5 Å². The molecule has 0 radical (unpaired) electrons. The minimum absolute atomic E-state index is 0.0977. The van der Waals surface area contributed by atoms with Crippen LogP contribution in [0.2, 0.25) is 0 Å². The Bertz CT molecular complexity index is 843. The molecule has 2 rings (SSSR count). The lowest BCUT2D eigenvalue weighted by atomic mass is 10.0. The average Bonchev–Trinajstić information content (AvgIpc) is 2.91. The van der Waals surface area contributed by atoms with Gasteiger partial charge in [0.2, 0.25) is 0 Å². The summed E-state index contributed by atoms with van der Waals surface area (Å²) in [5, 5.41) is 2.90. The van der Waals surface area contributed by atoms with Crippen molar-refractivity contribution in [2.24, 2.45) is 0 Å². The predicted molar refractivity (Wildman–Crippen MR) is 108 cm³/mol. The van der Waals surface area contributed by atoms with Gasteiger partial charge in [0, 0.05) is 0 Å². The Morgan fingerprint density at radius 1 is 1.11 bits per heavy atom. The Morgan fingerprint density at radius 2 is 1.75 bits per heavy atom. The van der Waals surface area contributed by atoms with E-state index in [1.54, 1.807) is 10.9 Å². The second-order valence-electron chi connectivity index (χ2n) is 8.81. The SMILES string of the molecule is CCC(NC(=O)OC(C)(C)C)c1ccc2c(c1)ncn2CC(=O)OC(C)(C)C. The Balaban J connectivity index is 2.15. The maximum Gasteiger partial charge on any atom is 0.408 e. The van der Waals surface area contributed by atoms with Crippen LogP contribution in [-0.4, -0.2) is 32.8 Å². The fourth-order valence-corrected chi connectivity index (χ4v) is 2.81. The normalized spacial score (nSPS) is 13.2. The zero-order valence-corrected chi connectivity index (χ0v) is 17.8. The van der Waals surface area contributed by atoms with Crippen LogP contribution in [0.4, 0.5) is 4.79 Å². The zero-order chi connectivity index (χ0) is 21.1. The third-order valence-corrected chi connectivity index (χ3v) is 3.87. The van der Waals surface area contributed by atoms with Crippen molar-refractivity contribution in [3.05, 3.63) is 30.1 Å². The number of esters is 1. The first-order valence-electron chi connectivity index (χ1n) is 9.54.